The van der Waals surface area contributed by atoms with Crippen LogP contribution in [0.5, 0.6) is 5.75 Å². The maximum atomic E-state index is 12.1. The standard InChI is InChI=1S/C23H28N4O2/c1-4-14-24-22(28)17-26(2)15-19-16-27(20-8-6-5-7-9-20)25-23(19)18-10-12-21(29-3)13-11-18/h5-13,16H,4,14-15,17H2,1-3H3,(H,24,28). The van der Waals surface area contributed by atoms with Crippen LogP contribution in [0.3, 0.4) is 0 Å². The Balaban J connectivity index is 1.87. The van der Waals surface area contributed by atoms with Crippen molar-refractivity contribution in [2.45, 2.75) is 19.9 Å². The maximum Gasteiger partial charge on any atom is 0.234 e. The van der Waals surface area contributed by atoms with Crippen molar-refractivity contribution >= 4 is 5.91 Å². The predicted octanol–water partition coefficient (Wildman–Crippen LogP) is 3.51. The molecule has 1 heterocycles. The molecular weight excluding hydrogens is 364 g/mol. The van der Waals surface area contributed by atoms with Gasteiger partial charge in [0.2, 0.25) is 5.91 Å². The van der Waals surface area contributed by atoms with Gasteiger partial charge in [-0.05, 0) is 49.9 Å². The number of aromatic nitrogens is 2. The lowest BCUT2D eigenvalue weighted by atomic mass is 10.1. The molecule has 0 radical (unpaired) electrons. The minimum Gasteiger partial charge on any atom is -0.497 e. The van der Waals surface area contributed by atoms with Gasteiger partial charge in [-0.3, -0.25) is 9.69 Å². The topological polar surface area (TPSA) is 59.4 Å². The first-order valence-electron chi connectivity index (χ1n) is 9.84. The number of carbonyl (C=O) groups is 1. The van der Waals surface area contributed by atoms with Crippen molar-refractivity contribution in [3.05, 3.63) is 66.4 Å². The number of ether oxygens (including phenoxy) is 1. The number of likely N-dealkylation sites (N-methyl/N-ethyl adjacent to an activating group) is 1. The number of para-hydroxylation sites is 1. The van der Waals surface area contributed by atoms with Crippen molar-refractivity contribution < 1.29 is 9.53 Å². The van der Waals surface area contributed by atoms with Crippen LogP contribution in [-0.2, 0) is 11.3 Å². The molecule has 0 aliphatic heterocycles. The number of benzene rings is 2. The second kappa shape index (κ2) is 9.89. The van der Waals surface area contributed by atoms with Gasteiger partial charge in [-0.2, -0.15) is 5.10 Å². The summed E-state index contributed by atoms with van der Waals surface area (Å²) in [5, 5.41) is 7.76. The van der Waals surface area contributed by atoms with Crippen LogP contribution in [0, 0.1) is 0 Å². The molecule has 0 bridgehead atoms. The number of amides is 1. The van der Waals surface area contributed by atoms with E-state index in [0.717, 1.165) is 34.7 Å². The number of nitrogens with one attached hydrogen (secondary N) is 1. The molecule has 0 fully saturated rings. The first-order valence-corrected chi connectivity index (χ1v) is 9.84. The van der Waals surface area contributed by atoms with E-state index in [1.807, 2.05) is 84.3 Å². The van der Waals surface area contributed by atoms with Crippen molar-refractivity contribution in [3.8, 4) is 22.7 Å². The highest BCUT2D eigenvalue weighted by atomic mass is 16.5. The van der Waals surface area contributed by atoms with E-state index in [1.165, 1.54) is 0 Å². The number of methoxy groups -OCH3 is 1. The maximum absolute atomic E-state index is 12.1. The summed E-state index contributed by atoms with van der Waals surface area (Å²) >= 11 is 0. The van der Waals surface area contributed by atoms with Gasteiger partial charge in [-0.25, -0.2) is 4.68 Å². The number of nitrogens with zero attached hydrogens (tertiary/aromatic N) is 3. The Morgan fingerprint density at radius 1 is 1.14 bits per heavy atom. The van der Waals surface area contributed by atoms with Gasteiger partial charge in [0.25, 0.3) is 0 Å². The lowest BCUT2D eigenvalue weighted by Crippen LogP contribution is -2.35. The Labute approximate surface area is 172 Å². The third-order valence-corrected chi connectivity index (χ3v) is 4.60. The molecule has 0 aliphatic carbocycles. The molecule has 152 valence electrons. The van der Waals surface area contributed by atoms with Gasteiger partial charge in [0.1, 0.15) is 5.75 Å². The molecule has 6 heteroatoms. The molecule has 1 amide bonds. The van der Waals surface area contributed by atoms with Crippen LogP contribution in [0.15, 0.2) is 60.8 Å². The summed E-state index contributed by atoms with van der Waals surface area (Å²) in [5.74, 6) is 0.846. The van der Waals surface area contributed by atoms with Crippen LogP contribution in [0.2, 0.25) is 0 Å². The lowest BCUT2D eigenvalue weighted by Gasteiger charge is -2.16. The SMILES string of the molecule is CCCNC(=O)CN(C)Cc1cn(-c2ccccc2)nc1-c1ccc(OC)cc1. The Kier molecular flexibility index (Phi) is 7.03. The first-order chi connectivity index (χ1) is 14.1. The molecule has 6 nitrogen and oxygen atoms in total. The monoisotopic (exact) mass is 392 g/mol. The second-order valence-electron chi connectivity index (χ2n) is 7.03. The summed E-state index contributed by atoms with van der Waals surface area (Å²) in [7, 11) is 3.60. The van der Waals surface area contributed by atoms with Gasteiger partial charge in [0.05, 0.1) is 25.0 Å². The summed E-state index contributed by atoms with van der Waals surface area (Å²) in [6, 6.07) is 17.9. The fraction of sp³-hybridized carbons (Fsp3) is 0.304. The van der Waals surface area contributed by atoms with Gasteiger partial charge in [0.15, 0.2) is 0 Å². The highest BCUT2D eigenvalue weighted by Gasteiger charge is 2.15. The van der Waals surface area contributed by atoms with E-state index in [4.69, 9.17) is 9.84 Å². The fourth-order valence-corrected chi connectivity index (χ4v) is 3.14. The van der Waals surface area contributed by atoms with Crippen LogP contribution < -0.4 is 10.1 Å². The van der Waals surface area contributed by atoms with Crippen molar-refractivity contribution in [3.63, 3.8) is 0 Å². The van der Waals surface area contributed by atoms with E-state index < -0.39 is 0 Å². The molecule has 0 saturated heterocycles. The molecule has 0 aliphatic rings. The Hall–Kier alpha value is -3.12. The third kappa shape index (κ3) is 5.45. The Morgan fingerprint density at radius 2 is 1.86 bits per heavy atom. The van der Waals surface area contributed by atoms with Gasteiger partial charge in [-0.15, -0.1) is 0 Å². The van der Waals surface area contributed by atoms with Crippen LogP contribution >= 0.6 is 0 Å². The van der Waals surface area contributed by atoms with E-state index in [-0.39, 0.29) is 5.91 Å². The molecule has 29 heavy (non-hydrogen) atoms. The van der Waals surface area contributed by atoms with Gasteiger partial charge in [0, 0.05) is 30.4 Å². The molecule has 0 saturated carbocycles. The average Bonchev–Trinajstić information content (AvgIpc) is 3.16. The van der Waals surface area contributed by atoms with Crippen molar-refractivity contribution in [2.24, 2.45) is 0 Å². The Bertz CT molecular complexity index is 920. The molecule has 3 rings (SSSR count). The summed E-state index contributed by atoms with van der Waals surface area (Å²) in [5.41, 5.74) is 3.97. The number of hydrogen-bond acceptors (Lipinski definition) is 4. The zero-order chi connectivity index (χ0) is 20.6. The third-order valence-electron chi connectivity index (χ3n) is 4.60. The first kappa shape index (κ1) is 20.6. The zero-order valence-electron chi connectivity index (χ0n) is 17.3. The molecule has 0 spiro atoms. The summed E-state index contributed by atoms with van der Waals surface area (Å²) in [4.78, 5) is 14.1. The summed E-state index contributed by atoms with van der Waals surface area (Å²) < 4.78 is 7.16. The summed E-state index contributed by atoms with van der Waals surface area (Å²) in [6.07, 6.45) is 2.97. The minimum atomic E-state index is 0.0378. The normalized spacial score (nSPS) is 10.9. The van der Waals surface area contributed by atoms with Crippen LogP contribution in [0.1, 0.15) is 18.9 Å². The van der Waals surface area contributed by atoms with Crippen molar-refractivity contribution in [1.29, 1.82) is 0 Å². The average molecular weight is 393 g/mol. The largest absolute Gasteiger partial charge is 0.497 e. The zero-order valence-corrected chi connectivity index (χ0v) is 17.3. The lowest BCUT2D eigenvalue weighted by molar-refractivity contribution is -0.122. The smallest absolute Gasteiger partial charge is 0.234 e. The van der Waals surface area contributed by atoms with Crippen LogP contribution in [0.25, 0.3) is 16.9 Å². The number of hydrogen-bond donors (Lipinski definition) is 1. The summed E-state index contributed by atoms with van der Waals surface area (Å²) in [6.45, 7) is 3.71. The Morgan fingerprint density at radius 3 is 2.52 bits per heavy atom. The van der Waals surface area contributed by atoms with E-state index in [1.54, 1.807) is 7.11 Å². The van der Waals surface area contributed by atoms with Crippen molar-refractivity contribution in [2.75, 3.05) is 27.2 Å². The highest BCUT2D eigenvalue weighted by molar-refractivity contribution is 5.78. The van der Waals surface area contributed by atoms with Crippen LogP contribution in [0.4, 0.5) is 0 Å². The number of rotatable bonds is 9. The molecule has 1 aromatic heterocycles. The molecule has 3 aromatic rings. The van der Waals surface area contributed by atoms with E-state index in [2.05, 4.69) is 5.32 Å². The molecule has 2 aromatic carbocycles. The van der Waals surface area contributed by atoms with Crippen LogP contribution in [-0.4, -0.2) is 47.8 Å². The van der Waals surface area contributed by atoms with E-state index >= 15 is 0 Å². The van der Waals surface area contributed by atoms with E-state index in [0.29, 0.717) is 19.6 Å². The predicted molar refractivity (Wildman–Crippen MR) is 115 cm³/mol. The fourth-order valence-electron chi connectivity index (χ4n) is 3.14. The van der Waals surface area contributed by atoms with Crippen molar-refractivity contribution in [1.82, 2.24) is 20.0 Å². The number of carbonyl (C=O) groups excluding carboxylic acids is 1. The molecule has 0 unspecified atom stereocenters. The quantitative estimate of drug-likeness (QED) is 0.605. The molecule has 1 N–H and O–H groups in total. The highest BCUT2D eigenvalue weighted by Crippen LogP contribution is 2.26. The second-order valence-corrected chi connectivity index (χ2v) is 7.03. The minimum absolute atomic E-state index is 0.0378. The molecule has 0 atom stereocenters. The van der Waals surface area contributed by atoms with Gasteiger partial charge >= 0.3 is 0 Å². The molecular formula is C23H28N4O2. The van der Waals surface area contributed by atoms with E-state index in [9.17, 15) is 4.79 Å². The van der Waals surface area contributed by atoms with Gasteiger partial charge < -0.3 is 10.1 Å². The van der Waals surface area contributed by atoms with Gasteiger partial charge in [-0.1, -0.05) is 25.1 Å².